The third-order valence-electron chi connectivity index (χ3n) is 2.30. The van der Waals surface area contributed by atoms with Gasteiger partial charge in [0.15, 0.2) is 0 Å². The van der Waals surface area contributed by atoms with Crippen LogP contribution in [0.5, 0.6) is 11.5 Å². The van der Waals surface area contributed by atoms with Gasteiger partial charge in [-0.3, -0.25) is 0 Å². The van der Waals surface area contributed by atoms with Crippen LogP contribution in [0, 0.1) is 0 Å². The summed E-state index contributed by atoms with van der Waals surface area (Å²) in [5.41, 5.74) is 6.43. The Kier molecular flexibility index (Phi) is 5.54. The van der Waals surface area contributed by atoms with Gasteiger partial charge in [0, 0.05) is 6.07 Å². The van der Waals surface area contributed by atoms with Gasteiger partial charge in [-0.2, -0.15) is 0 Å². The second-order valence-electron chi connectivity index (χ2n) is 3.69. The lowest BCUT2D eigenvalue weighted by atomic mass is 10.2. The van der Waals surface area contributed by atoms with Crippen LogP contribution in [-0.4, -0.2) is 13.2 Å². The fourth-order valence-electron chi connectivity index (χ4n) is 1.43. The number of nitrogen functional groups attached to an aromatic ring is 1. The van der Waals surface area contributed by atoms with E-state index in [1.54, 1.807) is 0 Å². The molecule has 1 aromatic rings. The van der Waals surface area contributed by atoms with Crippen molar-refractivity contribution in [2.24, 2.45) is 0 Å². The molecule has 0 unspecified atom stereocenters. The Morgan fingerprint density at radius 2 is 1.94 bits per heavy atom. The van der Waals surface area contributed by atoms with Crippen LogP contribution >= 0.6 is 0 Å². The summed E-state index contributed by atoms with van der Waals surface area (Å²) >= 11 is 0. The maximum atomic E-state index is 5.77. The molecule has 16 heavy (non-hydrogen) atoms. The molecule has 0 radical (unpaired) electrons. The first-order chi connectivity index (χ1) is 7.77. The third kappa shape index (κ3) is 4.01. The zero-order chi connectivity index (χ0) is 11.8. The van der Waals surface area contributed by atoms with E-state index in [0.717, 1.165) is 18.8 Å². The minimum absolute atomic E-state index is 0.615. The molecular formula is C13H21NO2. The van der Waals surface area contributed by atoms with Crippen LogP contribution in [-0.2, 0) is 0 Å². The van der Waals surface area contributed by atoms with Gasteiger partial charge in [0.25, 0.3) is 0 Å². The lowest BCUT2D eigenvalue weighted by Crippen LogP contribution is -2.00. The molecule has 0 spiro atoms. The highest BCUT2D eigenvalue weighted by Crippen LogP contribution is 2.26. The summed E-state index contributed by atoms with van der Waals surface area (Å²) in [5, 5.41) is 0. The van der Waals surface area contributed by atoms with Crippen molar-refractivity contribution in [2.45, 2.75) is 33.1 Å². The van der Waals surface area contributed by atoms with Crippen molar-refractivity contribution in [3.05, 3.63) is 18.2 Å². The molecule has 0 amide bonds. The molecule has 0 saturated carbocycles. The molecule has 2 N–H and O–H groups in total. The monoisotopic (exact) mass is 223 g/mol. The van der Waals surface area contributed by atoms with Crippen molar-refractivity contribution in [3.63, 3.8) is 0 Å². The van der Waals surface area contributed by atoms with E-state index < -0.39 is 0 Å². The van der Waals surface area contributed by atoms with Gasteiger partial charge in [-0.15, -0.1) is 0 Å². The van der Waals surface area contributed by atoms with Crippen molar-refractivity contribution in [1.82, 2.24) is 0 Å². The number of anilines is 1. The molecule has 0 saturated heterocycles. The van der Waals surface area contributed by atoms with Crippen LogP contribution in [0.15, 0.2) is 18.2 Å². The molecule has 0 aliphatic rings. The quantitative estimate of drug-likeness (QED) is 0.570. The van der Waals surface area contributed by atoms with Crippen LogP contribution in [0.25, 0.3) is 0 Å². The lowest BCUT2D eigenvalue weighted by Gasteiger charge is -2.10. The SMILES string of the molecule is CCCCCOc1ccc(N)c(OCC)c1. The second-order valence-corrected chi connectivity index (χ2v) is 3.69. The van der Waals surface area contributed by atoms with Crippen LogP contribution in [0.1, 0.15) is 33.1 Å². The summed E-state index contributed by atoms with van der Waals surface area (Å²) in [7, 11) is 0. The van der Waals surface area contributed by atoms with Crippen LogP contribution in [0.3, 0.4) is 0 Å². The molecule has 1 rings (SSSR count). The first kappa shape index (κ1) is 12.7. The van der Waals surface area contributed by atoms with E-state index in [1.165, 1.54) is 12.8 Å². The molecule has 0 atom stereocenters. The summed E-state index contributed by atoms with van der Waals surface area (Å²) < 4.78 is 11.0. The smallest absolute Gasteiger partial charge is 0.145 e. The van der Waals surface area contributed by atoms with Gasteiger partial charge in [-0.1, -0.05) is 19.8 Å². The normalized spacial score (nSPS) is 10.1. The number of unbranched alkanes of at least 4 members (excludes halogenated alkanes) is 2. The Hall–Kier alpha value is -1.38. The summed E-state index contributed by atoms with van der Waals surface area (Å²) in [6, 6.07) is 5.55. The molecular weight excluding hydrogens is 202 g/mol. The molecule has 0 aliphatic heterocycles. The summed E-state index contributed by atoms with van der Waals surface area (Å²) in [6.45, 7) is 5.48. The fourth-order valence-corrected chi connectivity index (χ4v) is 1.43. The number of hydrogen-bond donors (Lipinski definition) is 1. The van der Waals surface area contributed by atoms with E-state index >= 15 is 0 Å². The van der Waals surface area contributed by atoms with E-state index in [0.29, 0.717) is 18.0 Å². The topological polar surface area (TPSA) is 44.5 Å². The number of ether oxygens (including phenoxy) is 2. The highest BCUT2D eigenvalue weighted by Gasteiger charge is 2.02. The number of hydrogen-bond acceptors (Lipinski definition) is 3. The zero-order valence-electron chi connectivity index (χ0n) is 10.2. The van der Waals surface area contributed by atoms with Crippen molar-refractivity contribution >= 4 is 5.69 Å². The van der Waals surface area contributed by atoms with Crippen LogP contribution in [0.4, 0.5) is 5.69 Å². The average Bonchev–Trinajstić information content (AvgIpc) is 2.29. The molecule has 0 bridgehead atoms. The lowest BCUT2D eigenvalue weighted by molar-refractivity contribution is 0.300. The Bertz CT molecular complexity index is 313. The van der Waals surface area contributed by atoms with Crippen molar-refractivity contribution in [2.75, 3.05) is 18.9 Å². The number of benzene rings is 1. The maximum Gasteiger partial charge on any atom is 0.145 e. The highest BCUT2D eigenvalue weighted by atomic mass is 16.5. The van der Waals surface area contributed by atoms with Crippen molar-refractivity contribution in [1.29, 1.82) is 0 Å². The van der Waals surface area contributed by atoms with Crippen molar-refractivity contribution < 1.29 is 9.47 Å². The second kappa shape index (κ2) is 6.99. The van der Waals surface area contributed by atoms with Gasteiger partial charge < -0.3 is 15.2 Å². The summed E-state index contributed by atoms with van der Waals surface area (Å²) in [6.07, 6.45) is 3.49. The molecule has 0 fully saturated rings. The molecule has 1 aromatic carbocycles. The van der Waals surface area contributed by atoms with Crippen LogP contribution in [0.2, 0.25) is 0 Å². The molecule has 0 aliphatic carbocycles. The molecule has 90 valence electrons. The van der Waals surface area contributed by atoms with E-state index in [9.17, 15) is 0 Å². The Morgan fingerprint density at radius 1 is 1.12 bits per heavy atom. The average molecular weight is 223 g/mol. The Balaban J connectivity index is 2.50. The van der Waals surface area contributed by atoms with Crippen LogP contribution < -0.4 is 15.2 Å². The maximum absolute atomic E-state index is 5.77. The van der Waals surface area contributed by atoms with E-state index in [-0.39, 0.29) is 0 Å². The minimum Gasteiger partial charge on any atom is -0.493 e. The summed E-state index contributed by atoms with van der Waals surface area (Å²) in [4.78, 5) is 0. The van der Waals surface area contributed by atoms with Gasteiger partial charge >= 0.3 is 0 Å². The largest absolute Gasteiger partial charge is 0.493 e. The standard InChI is InChI=1S/C13H21NO2/c1-3-5-6-9-16-11-7-8-12(14)13(10-11)15-4-2/h7-8,10H,3-6,9,14H2,1-2H3. The van der Waals surface area contributed by atoms with E-state index in [1.807, 2.05) is 25.1 Å². The molecule has 0 heterocycles. The predicted octanol–water partition coefficient (Wildman–Crippen LogP) is 3.24. The molecule has 3 nitrogen and oxygen atoms in total. The van der Waals surface area contributed by atoms with Gasteiger partial charge in [0.05, 0.1) is 18.9 Å². The third-order valence-corrected chi connectivity index (χ3v) is 2.30. The highest BCUT2D eigenvalue weighted by molar-refractivity contribution is 5.55. The van der Waals surface area contributed by atoms with E-state index in [4.69, 9.17) is 15.2 Å². The van der Waals surface area contributed by atoms with Gasteiger partial charge in [0.2, 0.25) is 0 Å². The number of nitrogens with two attached hydrogens (primary N) is 1. The zero-order valence-corrected chi connectivity index (χ0v) is 10.2. The van der Waals surface area contributed by atoms with Gasteiger partial charge in [-0.05, 0) is 25.5 Å². The predicted molar refractivity (Wildman–Crippen MR) is 67.0 cm³/mol. The first-order valence-corrected chi connectivity index (χ1v) is 5.93. The van der Waals surface area contributed by atoms with Crippen molar-refractivity contribution in [3.8, 4) is 11.5 Å². The molecule has 0 aromatic heterocycles. The summed E-state index contributed by atoms with van der Waals surface area (Å²) in [5.74, 6) is 1.53. The van der Waals surface area contributed by atoms with Gasteiger partial charge in [-0.25, -0.2) is 0 Å². The van der Waals surface area contributed by atoms with E-state index in [2.05, 4.69) is 6.92 Å². The first-order valence-electron chi connectivity index (χ1n) is 5.93. The fraction of sp³-hybridized carbons (Fsp3) is 0.538. The Labute approximate surface area is 97.6 Å². The number of rotatable bonds is 7. The minimum atomic E-state index is 0.615. The van der Waals surface area contributed by atoms with Gasteiger partial charge in [0.1, 0.15) is 11.5 Å². The molecule has 3 heteroatoms. The Morgan fingerprint density at radius 3 is 2.62 bits per heavy atom.